The van der Waals surface area contributed by atoms with Crippen LogP contribution in [0.4, 0.5) is 0 Å². The Hall–Kier alpha value is -1.64. The first-order valence-corrected chi connectivity index (χ1v) is 12.2. The Morgan fingerprint density at radius 3 is 2.90 bits per heavy atom. The number of hydrogen-bond donors (Lipinski definition) is 1. The van der Waals surface area contributed by atoms with Crippen molar-refractivity contribution in [3.63, 3.8) is 0 Å². The van der Waals surface area contributed by atoms with Crippen molar-refractivity contribution in [3.05, 3.63) is 57.6 Å². The summed E-state index contributed by atoms with van der Waals surface area (Å²) in [7, 11) is -3.89. The molecule has 0 radical (unpaired) electrons. The SMILES string of the molecule is CC1CCCN(CC2C=C(Br)C=C[C@]2(C)S(=O)(=O)n2ccc3cc[nH]c(=O)c32)C1. The van der Waals surface area contributed by atoms with Crippen LogP contribution in [0.25, 0.3) is 10.9 Å². The van der Waals surface area contributed by atoms with Crippen molar-refractivity contribution in [2.75, 3.05) is 19.6 Å². The number of aromatic nitrogens is 2. The number of hydrogen-bond acceptors (Lipinski definition) is 4. The summed E-state index contributed by atoms with van der Waals surface area (Å²) in [6, 6.07) is 3.38. The minimum Gasteiger partial charge on any atom is -0.327 e. The van der Waals surface area contributed by atoms with Crippen molar-refractivity contribution in [3.8, 4) is 0 Å². The van der Waals surface area contributed by atoms with E-state index in [0.717, 1.165) is 28.0 Å². The van der Waals surface area contributed by atoms with E-state index in [1.54, 1.807) is 31.2 Å². The van der Waals surface area contributed by atoms with E-state index in [2.05, 4.69) is 32.7 Å². The summed E-state index contributed by atoms with van der Waals surface area (Å²) in [5, 5.41) is 0.610. The molecule has 2 aromatic heterocycles. The van der Waals surface area contributed by atoms with Crippen LogP contribution in [-0.4, -0.2) is 46.7 Å². The molecule has 2 aliphatic rings. The van der Waals surface area contributed by atoms with Gasteiger partial charge in [0.25, 0.3) is 5.56 Å². The molecule has 0 spiro atoms. The standard InChI is InChI=1S/C21H26BrN3O3S/c1-15-4-3-10-24(13-15)14-17-12-18(22)5-8-21(17,2)29(27,28)25-11-7-16-6-9-23-20(26)19(16)25/h5-9,11-12,15,17H,3-4,10,13-14H2,1-2H3,(H,23,26)/t15?,17?,21-/m0/s1. The van der Waals surface area contributed by atoms with Crippen LogP contribution in [-0.2, 0) is 10.0 Å². The summed E-state index contributed by atoms with van der Waals surface area (Å²) in [6.07, 6.45) is 10.9. The van der Waals surface area contributed by atoms with E-state index >= 15 is 0 Å². The molecule has 29 heavy (non-hydrogen) atoms. The Kier molecular flexibility index (Phi) is 5.38. The molecule has 2 aromatic rings. The molecule has 156 valence electrons. The highest BCUT2D eigenvalue weighted by atomic mass is 79.9. The van der Waals surface area contributed by atoms with Crippen LogP contribution in [0.2, 0.25) is 0 Å². The van der Waals surface area contributed by atoms with Crippen LogP contribution >= 0.6 is 15.9 Å². The van der Waals surface area contributed by atoms with Gasteiger partial charge in [-0.1, -0.05) is 41.1 Å². The molecule has 3 atom stereocenters. The summed E-state index contributed by atoms with van der Waals surface area (Å²) in [5.74, 6) is 0.377. The predicted octanol–water partition coefficient (Wildman–Crippen LogP) is 3.46. The zero-order valence-corrected chi connectivity index (χ0v) is 19.0. The average Bonchev–Trinajstić information content (AvgIpc) is 3.11. The van der Waals surface area contributed by atoms with Crippen molar-refractivity contribution >= 4 is 36.9 Å². The molecule has 1 aliphatic heterocycles. The first-order chi connectivity index (χ1) is 13.7. The highest BCUT2D eigenvalue weighted by Crippen LogP contribution is 2.38. The molecule has 0 saturated carbocycles. The van der Waals surface area contributed by atoms with E-state index in [9.17, 15) is 13.2 Å². The Morgan fingerprint density at radius 1 is 1.34 bits per heavy atom. The predicted molar refractivity (Wildman–Crippen MR) is 120 cm³/mol. The smallest absolute Gasteiger partial charge is 0.273 e. The number of aromatic amines is 1. The molecule has 8 heteroatoms. The fourth-order valence-electron chi connectivity index (χ4n) is 4.51. The van der Waals surface area contributed by atoms with E-state index in [1.807, 2.05) is 6.08 Å². The number of halogens is 1. The topological polar surface area (TPSA) is 75.2 Å². The molecule has 6 nitrogen and oxygen atoms in total. The third-order valence-electron chi connectivity index (χ3n) is 6.26. The summed E-state index contributed by atoms with van der Waals surface area (Å²) >= 11 is 3.52. The number of allylic oxidation sites excluding steroid dienone is 2. The fraction of sp³-hybridized carbons (Fsp3) is 0.476. The van der Waals surface area contributed by atoms with Gasteiger partial charge in [0.1, 0.15) is 10.3 Å². The third-order valence-corrected chi connectivity index (χ3v) is 9.16. The highest BCUT2D eigenvalue weighted by Gasteiger charge is 2.47. The van der Waals surface area contributed by atoms with Crippen molar-refractivity contribution in [2.24, 2.45) is 11.8 Å². The van der Waals surface area contributed by atoms with Gasteiger partial charge in [0.05, 0.1) is 0 Å². The maximum absolute atomic E-state index is 13.9. The number of nitrogens with one attached hydrogen (secondary N) is 1. The summed E-state index contributed by atoms with van der Waals surface area (Å²) < 4.78 is 28.6. The van der Waals surface area contributed by atoms with Crippen LogP contribution < -0.4 is 5.56 Å². The lowest BCUT2D eigenvalue weighted by molar-refractivity contribution is 0.162. The van der Waals surface area contributed by atoms with E-state index in [1.165, 1.54) is 18.8 Å². The molecule has 1 fully saturated rings. The molecule has 1 saturated heterocycles. The fourth-order valence-corrected chi connectivity index (χ4v) is 6.80. The molecular formula is C21H26BrN3O3S. The van der Waals surface area contributed by atoms with Crippen molar-refractivity contribution < 1.29 is 8.42 Å². The van der Waals surface area contributed by atoms with Crippen LogP contribution in [0.15, 0.2) is 52.0 Å². The van der Waals surface area contributed by atoms with Crippen LogP contribution in [0.5, 0.6) is 0 Å². The maximum atomic E-state index is 13.9. The molecule has 3 heterocycles. The molecule has 2 unspecified atom stereocenters. The van der Waals surface area contributed by atoms with Crippen molar-refractivity contribution in [2.45, 2.75) is 31.4 Å². The Bertz CT molecular complexity index is 1150. The van der Waals surface area contributed by atoms with Crippen LogP contribution in [0.1, 0.15) is 26.7 Å². The van der Waals surface area contributed by atoms with Gasteiger partial charge in [-0.2, -0.15) is 0 Å². The summed E-state index contributed by atoms with van der Waals surface area (Å²) in [6.45, 7) is 6.63. The molecule has 4 rings (SSSR count). The van der Waals surface area contributed by atoms with Gasteiger partial charge in [-0.25, -0.2) is 12.4 Å². The minimum absolute atomic E-state index is 0.168. The first kappa shape index (κ1) is 20.6. The van der Waals surface area contributed by atoms with Gasteiger partial charge in [-0.15, -0.1) is 0 Å². The van der Waals surface area contributed by atoms with Crippen LogP contribution in [0.3, 0.4) is 0 Å². The number of piperidine rings is 1. The lowest BCUT2D eigenvalue weighted by Crippen LogP contribution is -2.50. The summed E-state index contributed by atoms with van der Waals surface area (Å²) in [5.41, 5.74) is -0.237. The molecular weight excluding hydrogens is 454 g/mol. The van der Waals surface area contributed by atoms with E-state index < -0.39 is 20.3 Å². The number of rotatable bonds is 4. The number of likely N-dealkylation sites (tertiary alicyclic amines) is 1. The average molecular weight is 480 g/mol. The second-order valence-corrected chi connectivity index (χ2v) is 11.5. The number of fused-ring (bicyclic) bond motifs is 1. The van der Waals surface area contributed by atoms with Gasteiger partial charge in [0, 0.05) is 41.3 Å². The molecule has 1 N–H and O–H groups in total. The van der Waals surface area contributed by atoms with Crippen LogP contribution in [0, 0.1) is 11.8 Å². The Labute approximate surface area is 179 Å². The largest absolute Gasteiger partial charge is 0.327 e. The molecule has 1 aliphatic carbocycles. The van der Waals surface area contributed by atoms with E-state index in [0.29, 0.717) is 17.8 Å². The lowest BCUT2D eigenvalue weighted by Gasteiger charge is -2.40. The number of H-pyrrole nitrogens is 1. The Morgan fingerprint density at radius 2 is 2.14 bits per heavy atom. The maximum Gasteiger partial charge on any atom is 0.273 e. The molecule has 0 amide bonds. The highest BCUT2D eigenvalue weighted by molar-refractivity contribution is 9.11. The summed E-state index contributed by atoms with van der Waals surface area (Å²) in [4.78, 5) is 17.3. The normalized spacial score (nSPS) is 28.6. The second-order valence-electron chi connectivity index (χ2n) is 8.41. The quantitative estimate of drug-likeness (QED) is 0.728. The van der Waals surface area contributed by atoms with Crippen molar-refractivity contribution in [1.82, 2.24) is 13.9 Å². The van der Waals surface area contributed by atoms with Gasteiger partial charge in [-0.3, -0.25) is 4.79 Å². The second kappa shape index (κ2) is 7.56. The molecule has 0 aromatic carbocycles. The Balaban J connectivity index is 1.77. The molecule has 0 bridgehead atoms. The van der Waals surface area contributed by atoms with E-state index in [4.69, 9.17) is 0 Å². The van der Waals surface area contributed by atoms with Gasteiger partial charge in [-0.05, 0) is 44.4 Å². The number of pyridine rings is 1. The first-order valence-electron chi connectivity index (χ1n) is 9.95. The van der Waals surface area contributed by atoms with Gasteiger partial charge in [0.2, 0.25) is 10.0 Å². The van der Waals surface area contributed by atoms with Gasteiger partial charge in [0.15, 0.2) is 0 Å². The minimum atomic E-state index is -3.89. The number of nitrogens with zero attached hydrogens (tertiary/aromatic N) is 2. The van der Waals surface area contributed by atoms with Gasteiger partial charge >= 0.3 is 0 Å². The van der Waals surface area contributed by atoms with E-state index in [-0.39, 0.29) is 11.4 Å². The lowest BCUT2D eigenvalue weighted by atomic mass is 9.87. The van der Waals surface area contributed by atoms with Crippen molar-refractivity contribution in [1.29, 1.82) is 0 Å². The zero-order chi connectivity index (χ0) is 20.8. The monoisotopic (exact) mass is 479 g/mol. The zero-order valence-electron chi connectivity index (χ0n) is 16.6. The van der Waals surface area contributed by atoms with Gasteiger partial charge < -0.3 is 9.88 Å². The third kappa shape index (κ3) is 3.55.